The smallest absolute Gasteiger partial charge is 0.0458 e. The largest absolute Gasteiger partial charge is 0.468 e. The predicted octanol–water partition coefficient (Wildman–Crippen LogP) is 3.22. The highest BCUT2D eigenvalue weighted by Gasteiger charge is 1.93. The molecule has 78 valence electrons. The van der Waals surface area contributed by atoms with Crippen molar-refractivity contribution in [3.05, 3.63) is 52.4 Å². The number of rotatable bonds is 3. The number of aromatic nitrogens is 2. The third-order valence-corrected chi connectivity index (χ3v) is 2.37. The van der Waals surface area contributed by atoms with Gasteiger partial charge in [-0.2, -0.15) is 0 Å². The topological polar surface area (TPSA) is 31.9 Å². The summed E-state index contributed by atoms with van der Waals surface area (Å²) in [4.78, 5) is 0. The molecule has 0 aliphatic carbocycles. The Morgan fingerprint density at radius 3 is 2.60 bits per heavy atom. The Morgan fingerprint density at radius 2 is 2.00 bits per heavy atom. The molecule has 2 rings (SSSR count). The number of nitrogens with zero attached hydrogens (tertiary/aromatic N) is 3. The van der Waals surface area contributed by atoms with E-state index < -0.39 is 0 Å². The Kier molecular flexibility index (Phi) is 2.92. The van der Waals surface area contributed by atoms with Gasteiger partial charge in [-0.3, -0.25) is 0 Å². The maximum absolute atomic E-state index is 5.80. The van der Waals surface area contributed by atoms with Crippen molar-refractivity contribution in [3.63, 3.8) is 0 Å². The maximum atomic E-state index is 5.80. The lowest BCUT2D eigenvalue weighted by Gasteiger charge is -2.08. The average molecular weight is 221 g/mol. The zero-order chi connectivity index (χ0) is 10.7. The Bertz CT molecular complexity index is 433. The second kappa shape index (κ2) is 4.36. The van der Waals surface area contributed by atoms with E-state index in [9.17, 15) is 0 Å². The number of hydrogen-bond acceptors (Lipinski definition) is 1. The molecule has 0 unspecified atom stereocenters. The highest BCUT2D eigenvalue weighted by Crippen LogP contribution is 2.13. The van der Waals surface area contributed by atoms with Crippen molar-refractivity contribution in [1.29, 1.82) is 0 Å². The van der Waals surface area contributed by atoms with E-state index in [1.807, 2.05) is 41.2 Å². The van der Waals surface area contributed by atoms with Gasteiger partial charge in [0, 0.05) is 17.8 Å². The van der Waals surface area contributed by atoms with Gasteiger partial charge in [0.25, 0.3) is 0 Å². The molecule has 4 heteroatoms. The van der Waals surface area contributed by atoms with Gasteiger partial charge in [-0.25, -0.2) is 0 Å². The van der Waals surface area contributed by atoms with E-state index in [2.05, 4.69) is 10.4 Å². The fourth-order valence-electron chi connectivity index (χ4n) is 1.34. The molecule has 15 heavy (non-hydrogen) atoms. The molecule has 0 saturated heterocycles. The Balaban J connectivity index is 2.11. The number of benzene rings is 1. The summed E-state index contributed by atoms with van der Waals surface area (Å²) in [6, 6.07) is 9.63. The van der Waals surface area contributed by atoms with E-state index in [0.29, 0.717) is 0 Å². The third-order valence-electron chi connectivity index (χ3n) is 2.11. The van der Waals surface area contributed by atoms with E-state index in [1.165, 1.54) is 5.56 Å². The summed E-state index contributed by atoms with van der Waals surface area (Å²) in [7, 11) is 1.73. The van der Waals surface area contributed by atoms with Crippen molar-refractivity contribution < 1.29 is 0 Å². The number of halogens is 1. The molecule has 0 spiro atoms. The van der Waals surface area contributed by atoms with Crippen LogP contribution in [-0.2, 0) is 6.54 Å². The van der Waals surface area contributed by atoms with Gasteiger partial charge in [0.05, 0.1) is 0 Å². The van der Waals surface area contributed by atoms with Crippen molar-refractivity contribution in [1.82, 2.24) is 9.78 Å². The average Bonchev–Trinajstić information content (AvgIpc) is 2.69. The van der Waals surface area contributed by atoms with Crippen LogP contribution < -0.4 is 0 Å². The standard InChI is InChI=1S/C11H11ClN3/c1-13-11-6-7-15(14-11)8-9-2-4-10(12)5-3-9/h2-7H,8H2,1H3/q-1. The second-order valence-corrected chi connectivity index (χ2v) is 3.66. The van der Waals surface area contributed by atoms with Crippen LogP contribution in [-0.4, -0.2) is 16.8 Å². The fraction of sp³-hybridized carbons (Fsp3) is 0.182. The SMILES string of the molecule is C[N-]c1ccn(Cc2ccc(Cl)cc2)n1. The van der Waals surface area contributed by atoms with Crippen molar-refractivity contribution in [2.75, 3.05) is 7.05 Å². The number of hydrogen-bond donors (Lipinski definition) is 0. The van der Waals surface area contributed by atoms with E-state index in [1.54, 1.807) is 7.05 Å². The van der Waals surface area contributed by atoms with E-state index in [-0.39, 0.29) is 0 Å². The van der Waals surface area contributed by atoms with Gasteiger partial charge in [-0.15, -0.1) is 0 Å². The molecule has 0 bridgehead atoms. The van der Waals surface area contributed by atoms with Crippen LogP contribution in [0.1, 0.15) is 5.56 Å². The lowest BCUT2D eigenvalue weighted by atomic mass is 10.2. The summed E-state index contributed by atoms with van der Waals surface area (Å²) in [6.45, 7) is 0.743. The molecule has 1 aromatic carbocycles. The lowest BCUT2D eigenvalue weighted by molar-refractivity contribution is 0.690. The van der Waals surface area contributed by atoms with Gasteiger partial charge in [0.2, 0.25) is 0 Å². The minimum Gasteiger partial charge on any atom is -0.468 e. The van der Waals surface area contributed by atoms with Crippen LogP contribution in [0.25, 0.3) is 5.32 Å². The Hall–Kier alpha value is -1.48. The van der Waals surface area contributed by atoms with E-state index in [0.717, 1.165) is 17.4 Å². The molecule has 0 fully saturated rings. The summed E-state index contributed by atoms with van der Waals surface area (Å²) >= 11 is 5.80. The summed E-state index contributed by atoms with van der Waals surface area (Å²) < 4.78 is 1.85. The summed E-state index contributed by atoms with van der Waals surface area (Å²) in [5.74, 6) is 0.754. The van der Waals surface area contributed by atoms with Crippen LogP contribution in [0.2, 0.25) is 5.02 Å². The Labute approximate surface area is 93.7 Å². The zero-order valence-electron chi connectivity index (χ0n) is 8.39. The molecule has 2 aromatic rings. The quantitative estimate of drug-likeness (QED) is 0.782. The Morgan fingerprint density at radius 1 is 1.27 bits per heavy atom. The van der Waals surface area contributed by atoms with Crippen LogP contribution in [0.3, 0.4) is 0 Å². The van der Waals surface area contributed by atoms with Crippen LogP contribution >= 0.6 is 11.6 Å². The van der Waals surface area contributed by atoms with E-state index >= 15 is 0 Å². The van der Waals surface area contributed by atoms with Gasteiger partial charge in [0.15, 0.2) is 0 Å². The summed E-state index contributed by atoms with van der Waals surface area (Å²) in [6.07, 6.45) is 1.91. The molecular weight excluding hydrogens is 210 g/mol. The van der Waals surface area contributed by atoms with Crippen molar-refractivity contribution in [2.24, 2.45) is 0 Å². The van der Waals surface area contributed by atoms with Crippen LogP contribution in [0.4, 0.5) is 5.82 Å². The van der Waals surface area contributed by atoms with Crippen molar-refractivity contribution in [2.45, 2.75) is 6.54 Å². The molecule has 0 saturated carbocycles. The van der Waals surface area contributed by atoms with Gasteiger partial charge < -0.3 is 15.1 Å². The molecule has 1 aromatic heterocycles. The molecule has 0 aliphatic heterocycles. The molecule has 0 atom stereocenters. The van der Waals surface area contributed by atoms with Gasteiger partial charge in [-0.1, -0.05) is 30.8 Å². The first-order chi connectivity index (χ1) is 7.28. The first-order valence-corrected chi connectivity index (χ1v) is 5.03. The second-order valence-electron chi connectivity index (χ2n) is 3.22. The highest BCUT2D eigenvalue weighted by molar-refractivity contribution is 6.30. The minimum absolute atomic E-state index is 0.743. The normalized spacial score (nSPS) is 10.3. The lowest BCUT2D eigenvalue weighted by Crippen LogP contribution is -1.99. The van der Waals surface area contributed by atoms with Crippen molar-refractivity contribution >= 4 is 17.4 Å². The molecular formula is C11H11ClN3-. The minimum atomic E-state index is 0.743. The molecule has 0 N–H and O–H groups in total. The first kappa shape index (κ1) is 10.1. The molecule has 3 nitrogen and oxygen atoms in total. The molecule has 1 heterocycles. The molecule has 0 radical (unpaired) electrons. The van der Waals surface area contributed by atoms with Crippen LogP contribution in [0, 0.1) is 0 Å². The fourth-order valence-corrected chi connectivity index (χ4v) is 1.46. The zero-order valence-corrected chi connectivity index (χ0v) is 9.15. The van der Waals surface area contributed by atoms with Gasteiger partial charge in [0.1, 0.15) is 0 Å². The van der Waals surface area contributed by atoms with Gasteiger partial charge >= 0.3 is 0 Å². The summed E-state index contributed by atoms with van der Waals surface area (Å²) in [5, 5.41) is 9.01. The van der Waals surface area contributed by atoms with Crippen LogP contribution in [0.15, 0.2) is 36.5 Å². The maximum Gasteiger partial charge on any atom is 0.0458 e. The third kappa shape index (κ3) is 2.50. The highest BCUT2D eigenvalue weighted by atomic mass is 35.5. The summed E-state index contributed by atoms with van der Waals surface area (Å²) in [5.41, 5.74) is 1.17. The van der Waals surface area contributed by atoms with Crippen molar-refractivity contribution in [3.8, 4) is 0 Å². The van der Waals surface area contributed by atoms with Gasteiger partial charge in [-0.05, 0) is 29.6 Å². The molecule has 0 aliphatic rings. The molecule has 0 amide bonds. The monoisotopic (exact) mass is 220 g/mol. The first-order valence-electron chi connectivity index (χ1n) is 4.65. The van der Waals surface area contributed by atoms with E-state index in [4.69, 9.17) is 11.6 Å². The predicted molar refractivity (Wildman–Crippen MR) is 61.7 cm³/mol. The van der Waals surface area contributed by atoms with Crippen LogP contribution in [0.5, 0.6) is 0 Å².